The van der Waals surface area contributed by atoms with Gasteiger partial charge in [0.2, 0.25) is 0 Å². The third-order valence-electron chi connectivity index (χ3n) is 0.875. The lowest BCUT2D eigenvalue weighted by Gasteiger charge is -2.01. The minimum Gasteiger partial charge on any atom is -0.459 e. The quantitative estimate of drug-likeness (QED) is 0.374. The number of hydrogen-bond acceptors (Lipinski definition) is 4. The molecule has 0 fully saturated rings. The van der Waals surface area contributed by atoms with E-state index in [4.69, 9.17) is 0 Å². The predicted octanol–water partition coefficient (Wildman–Crippen LogP) is 0.201. The summed E-state index contributed by atoms with van der Waals surface area (Å²) in [6.45, 7) is 1.70. The Bertz CT molecular complexity index is 188. The van der Waals surface area contributed by atoms with Crippen molar-refractivity contribution in [1.29, 1.82) is 0 Å². The molecule has 5 nitrogen and oxygen atoms in total. The number of nitrogens with two attached hydrogens (primary N) is 1. The molecule has 0 atom stereocenters. The molecule has 0 aliphatic rings. The van der Waals surface area contributed by atoms with Crippen molar-refractivity contribution in [2.75, 3.05) is 13.2 Å². The zero-order valence-electron chi connectivity index (χ0n) is 6.78. The second-order valence-corrected chi connectivity index (χ2v) is 1.83. The molecule has 0 saturated carbocycles. The van der Waals surface area contributed by atoms with E-state index in [9.17, 15) is 9.59 Å². The van der Waals surface area contributed by atoms with Crippen molar-refractivity contribution in [2.24, 2.45) is 5.73 Å². The topological polar surface area (TPSA) is 78.6 Å². The van der Waals surface area contributed by atoms with Crippen molar-refractivity contribution in [2.45, 2.75) is 6.92 Å². The molecule has 2 N–H and O–H groups in total. The number of allylic oxidation sites excluding steroid dienone is 1. The number of rotatable bonds is 4. The average molecular weight is 173 g/mol. The molecule has 0 radical (unpaired) electrons. The van der Waals surface area contributed by atoms with Crippen LogP contribution in [-0.4, -0.2) is 25.3 Å². The Morgan fingerprint density at radius 2 is 1.92 bits per heavy atom. The lowest BCUT2D eigenvalue weighted by molar-refractivity contribution is -0.138. The van der Waals surface area contributed by atoms with Gasteiger partial charge < -0.3 is 15.2 Å². The summed E-state index contributed by atoms with van der Waals surface area (Å²) in [6, 6.07) is 0. The van der Waals surface area contributed by atoms with E-state index in [1.165, 1.54) is 6.08 Å². The first-order valence-corrected chi connectivity index (χ1v) is 3.38. The van der Waals surface area contributed by atoms with Crippen molar-refractivity contribution in [1.82, 2.24) is 0 Å². The van der Waals surface area contributed by atoms with Crippen LogP contribution in [0.2, 0.25) is 0 Å². The molecule has 0 aromatic carbocycles. The van der Waals surface area contributed by atoms with E-state index in [2.05, 4.69) is 15.2 Å². The second kappa shape index (κ2) is 6.21. The minimum atomic E-state index is -0.878. The van der Waals surface area contributed by atoms with Gasteiger partial charge in [0.25, 0.3) is 0 Å². The van der Waals surface area contributed by atoms with Crippen LogP contribution >= 0.6 is 0 Å². The third kappa shape index (κ3) is 6.60. The van der Waals surface area contributed by atoms with Gasteiger partial charge in [-0.05, 0) is 6.92 Å². The Morgan fingerprint density at radius 3 is 2.42 bits per heavy atom. The molecule has 0 heterocycles. The van der Waals surface area contributed by atoms with Crippen LogP contribution in [0.1, 0.15) is 6.92 Å². The van der Waals surface area contributed by atoms with Gasteiger partial charge >= 0.3 is 12.1 Å². The molecule has 0 aliphatic carbocycles. The summed E-state index contributed by atoms with van der Waals surface area (Å²) >= 11 is 0. The highest BCUT2D eigenvalue weighted by Gasteiger charge is 1.96. The monoisotopic (exact) mass is 173 g/mol. The van der Waals surface area contributed by atoms with Crippen LogP contribution in [0, 0.1) is 0 Å². The lowest BCUT2D eigenvalue weighted by atomic mass is 10.5. The van der Waals surface area contributed by atoms with Crippen molar-refractivity contribution < 1.29 is 19.1 Å². The number of esters is 1. The highest BCUT2D eigenvalue weighted by Crippen LogP contribution is 1.82. The van der Waals surface area contributed by atoms with E-state index in [1.54, 1.807) is 13.0 Å². The summed E-state index contributed by atoms with van der Waals surface area (Å²) in [6.07, 6.45) is 1.94. The molecule has 0 aliphatic heterocycles. The maximum Gasteiger partial charge on any atom is 0.404 e. The highest BCUT2D eigenvalue weighted by molar-refractivity contribution is 5.81. The molecule has 12 heavy (non-hydrogen) atoms. The van der Waals surface area contributed by atoms with Gasteiger partial charge in [-0.1, -0.05) is 6.08 Å². The van der Waals surface area contributed by atoms with E-state index >= 15 is 0 Å². The molecule has 0 saturated heterocycles. The van der Waals surface area contributed by atoms with Gasteiger partial charge in [-0.25, -0.2) is 9.59 Å². The van der Waals surface area contributed by atoms with Crippen LogP contribution in [0.5, 0.6) is 0 Å². The smallest absolute Gasteiger partial charge is 0.404 e. The van der Waals surface area contributed by atoms with E-state index in [-0.39, 0.29) is 13.2 Å². The average Bonchev–Trinajstić information content (AvgIpc) is 1.98. The molecule has 0 bridgehead atoms. The maximum atomic E-state index is 10.6. The van der Waals surface area contributed by atoms with Crippen LogP contribution in [0.3, 0.4) is 0 Å². The van der Waals surface area contributed by atoms with Crippen LogP contribution in [0.4, 0.5) is 4.79 Å². The van der Waals surface area contributed by atoms with Gasteiger partial charge in [-0.3, -0.25) is 0 Å². The van der Waals surface area contributed by atoms with E-state index < -0.39 is 12.1 Å². The number of primary amides is 1. The number of amides is 1. The Labute approximate surface area is 70.1 Å². The Hall–Kier alpha value is -1.52. The predicted molar refractivity (Wildman–Crippen MR) is 41.3 cm³/mol. The first kappa shape index (κ1) is 10.5. The second-order valence-electron chi connectivity index (χ2n) is 1.83. The fourth-order valence-corrected chi connectivity index (χ4v) is 0.469. The van der Waals surface area contributed by atoms with E-state index in [0.29, 0.717) is 0 Å². The number of carbonyl (C=O) groups is 2. The summed E-state index contributed by atoms with van der Waals surface area (Å²) in [5.74, 6) is -0.467. The number of hydrogen-bond donors (Lipinski definition) is 1. The first-order chi connectivity index (χ1) is 5.66. The third-order valence-corrected chi connectivity index (χ3v) is 0.875. The highest BCUT2D eigenvalue weighted by atomic mass is 16.6. The molecule has 68 valence electrons. The van der Waals surface area contributed by atoms with Gasteiger partial charge in [-0.15, -0.1) is 0 Å². The van der Waals surface area contributed by atoms with Crippen molar-refractivity contribution in [3.05, 3.63) is 12.2 Å². The molecule has 0 spiro atoms. The van der Waals surface area contributed by atoms with E-state index in [0.717, 1.165) is 0 Å². The Kier molecular flexibility index (Phi) is 5.42. The molecule has 0 unspecified atom stereocenters. The molecule has 0 aromatic rings. The number of ether oxygens (including phenoxy) is 2. The van der Waals surface area contributed by atoms with Gasteiger partial charge in [0.15, 0.2) is 0 Å². The maximum absolute atomic E-state index is 10.6. The summed E-state index contributed by atoms with van der Waals surface area (Å²) in [7, 11) is 0. The summed E-state index contributed by atoms with van der Waals surface area (Å²) in [5, 5.41) is 0. The molecular weight excluding hydrogens is 162 g/mol. The van der Waals surface area contributed by atoms with Crippen molar-refractivity contribution in [3.63, 3.8) is 0 Å². The summed E-state index contributed by atoms with van der Waals surface area (Å²) in [4.78, 5) is 20.6. The number of carbonyl (C=O) groups excluding carboxylic acids is 2. The van der Waals surface area contributed by atoms with Crippen LogP contribution in [-0.2, 0) is 14.3 Å². The van der Waals surface area contributed by atoms with Gasteiger partial charge in [0.05, 0.1) is 0 Å². The largest absolute Gasteiger partial charge is 0.459 e. The molecule has 0 rings (SSSR count). The molecular formula is C7H11NO4. The summed E-state index contributed by atoms with van der Waals surface area (Å²) < 4.78 is 8.88. The fourth-order valence-electron chi connectivity index (χ4n) is 0.469. The zero-order valence-corrected chi connectivity index (χ0v) is 6.78. The van der Waals surface area contributed by atoms with Crippen molar-refractivity contribution in [3.8, 4) is 0 Å². The first-order valence-electron chi connectivity index (χ1n) is 3.38. The SMILES string of the molecule is CC=CC(=O)OCCOC(N)=O. The van der Waals surface area contributed by atoms with Crippen LogP contribution in [0.15, 0.2) is 12.2 Å². The Balaban J connectivity index is 3.31. The van der Waals surface area contributed by atoms with E-state index in [1.807, 2.05) is 0 Å². The minimum absolute atomic E-state index is 0.0153. The Morgan fingerprint density at radius 1 is 1.33 bits per heavy atom. The zero-order chi connectivity index (χ0) is 9.40. The lowest BCUT2D eigenvalue weighted by Crippen LogP contribution is -2.17. The molecule has 1 amide bonds. The van der Waals surface area contributed by atoms with Gasteiger partial charge in [0, 0.05) is 6.08 Å². The molecule has 5 heteroatoms. The normalized spacial score (nSPS) is 9.75. The van der Waals surface area contributed by atoms with Gasteiger partial charge in [0.1, 0.15) is 13.2 Å². The standard InChI is InChI=1S/C7H11NO4/c1-2-3-6(9)11-4-5-12-7(8)10/h2-3H,4-5H2,1H3,(H2,8,10). The molecule has 0 aromatic heterocycles. The van der Waals surface area contributed by atoms with Crippen LogP contribution in [0.25, 0.3) is 0 Å². The fraction of sp³-hybridized carbons (Fsp3) is 0.429. The van der Waals surface area contributed by atoms with Crippen LogP contribution < -0.4 is 5.73 Å². The summed E-state index contributed by atoms with van der Waals surface area (Å²) in [5.41, 5.74) is 4.65. The van der Waals surface area contributed by atoms with Gasteiger partial charge in [-0.2, -0.15) is 0 Å². The van der Waals surface area contributed by atoms with Crippen molar-refractivity contribution >= 4 is 12.1 Å².